The highest BCUT2D eigenvalue weighted by atomic mass is 16.6. The van der Waals surface area contributed by atoms with Crippen molar-refractivity contribution < 1.29 is 19.4 Å². The van der Waals surface area contributed by atoms with Crippen molar-refractivity contribution in [2.75, 3.05) is 31.6 Å². The summed E-state index contributed by atoms with van der Waals surface area (Å²) in [6, 6.07) is 15.5. The first-order valence-electron chi connectivity index (χ1n) is 10.4. The number of amides is 1. The zero-order chi connectivity index (χ0) is 19.8. The molecule has 0 aliphatic carbocycles. The van der Waals surface area contributed by atoms with E-state index in [1.54, 1.807) is 0 Å². The van der Waals surface area contributed by atoms with E-state index in [0.717, 1.165) is 42.9 Å². The molecule has 0 aromatic heterocycles. The van der Waals surface area contributed by atoms with Gasteiger partial charge in [0, 0.05) is 12.2 Å². The van der Waals surface area contributed by atoms with Crippen molar-refractivity contribution in [1.82, 2.24) is 4.90 Å². The Morgan fingerprint density at radius 3 is 2.62 bits per heavy atom. The van der Waals surface area contributed by atoms with E-state index in [2.05, 4.69) is 16.3 Å². The van der Waals surface area contributed by atoms with Crippen LogP contribution in [0, 0.1) is 5.92 Å². The SMILES string of the molecule is O=C1Nc2ccccc2C1C1CCN(CC(O)C2COc3ccccc3O2)CC1. The standard InChI is InChI=1S/C23H26N2O4/c26-18(21-14-28-19-7-3-4-8-20(19)29-21)13-25-11-9-15(10-12-25)22-16-5-1-2-6-17(16)24-23(22)27/h1-8,15,18,21-22,26H,9-14H2,(H,24,27). The van der Waals surface area contributed by atoms with E-state index in [9.17, 15) is 9.90 Å². The summed E-state index contributed by atoms with van der Waals surface area (Å²) in [4.78, 5) is 14.8. The van der Waals surface area contributed by atoms with E-state index >= 15 is 0 Å². The van der Waals surface area contributed by atoms with Crippen LogP contribution in [-0.2, 0) is 4.79 Å². The maximum Gasteiger partial charge on any atom is 0.232 e. The molecule has 0 radical (unpaired) electrons. The predicted octanol–water partition coefficient (Wildman–Crippen LogP) is 2.64. The van der Waals surface area contributed by atoms with E-state index in [0.29, 0.717) is 24.8 Å². The summed E-state index contributed by atoms with van der Waals surface area (Å²) in [5, 5.41) is 13.7. The largest absolute Gasteiger partial charge is 0.486 e. The molecule has 1 fully saturated rings. The number of hydrogen-bond donors (Lipinski definition) is 2. The fraction of sp³-hybridized carbons (Fsp3) is 0.435. The lowest BCUT2D eigenvalue weighted by Gasteiger charge is -2.37. The quantitative estimate of drug-likeness (QED) is 0.834. The van der Waals surface area contributed by atoms with Crippen LogP contribution in [0.25, 0.3) is 0 Å². The molecule has 0 saturated carbocycles. The van der Waals surface area contributed by atoms with Gasteiger partial charge in [-0.3, -0.25) is 4.79 Å². The molecule has 6 nitrogen and oxygen atoms in total. The molecule has 1 saturated heterocycles. The van der Waals surface area contributed by atoms with Crippen molar-refractivity contribution in [2.24, 2.45) is 5.92 Å². The van der Waals surface area contributed by atoms with Crippen molar-refractivity contribution in [3.8, 4) is 11.5 Å². The second-order valence-electron chi connectivity index (χ2n) is 8.17. The second kappa shape index (κ2) is 7.69. The highest BCUT2D eigenvalue weighted by molar-refractivity contribution is 6.03. The number of fused-ring (bicyclic) bond motifs is 2. The number of benzene rings is 2. The van der Waals surface area contributed by atoms with E-state index in [4.69, 9.17) is 9.47 Å². The van der Waals surface area contributed by atoms with Gasteiger partial charge in [0.25, 0.3) is 0 Å². The van der Waals surface area contributed by atoms with Gasteiger partial charge in [0.05, 0.1) is 5.92 Å². The first-order chi connectivity index (χ1) is 14.2. The molecule has 3 atom stereocenters. The summed E-state index contributed by atoms with van der Waals surface area (Å²) >= 11 is 0. The number of carbonyl (C=O) groups is 1. The second-order valence-corrected chi connectivity index (χ2v) is 8.17. The molecule has 2 aromatic rings. The van der Waals surface area contributed by atoms with Crippen LogP contribution in [0.4, 0.5) is 5.69 Å². The molecular formula is C23H26N2O4. The molecular weight excluding hydrogens is 368 g/mol. The van der Waals surface area contributed by atoms with Gasteiger partial charge in [-0.15, -0.1) is 0 Å². The molecule has 6 heteroatoms. The average Bonchev–Trinajstić information content (AvgIpc) is 3.09. The maximum absolute atomic E-state index is 12.5. The number of β-amino-alcohol motifs (C(OH)–C–C–N with tert-alkyl or cyclic N) is 1. The highest BCUT2D eigenvalue weighted by Gasteiger charge is 2.38. The molecule has 2 N–H and O–H groups in total. The van der Waals surface area contributed by atoms with Crippen LogP contribution in [0.15, 0.2) is 48.5 Å². The van der Waals surface area contributed by atoms with E-state index in [1.807, 2.05) is 42.5 Å². The average molecular weight is 394 g/mol. The number of carbonyl (C=O) groups excluding carboxylic acids is 1. The van der Waals surface area contributed by atoms with E-state index in [1.165, 1.54) is 0 Å². The zero-order valence-corrected chi connectivity index (χ0v) is 16.3. The topological polar surface area (TPSA) is 71.0 Å². The molecule has 0 spiro atoms. The molecule has 29 heavy (non-hydrogen) atoms. The molecule has 5 rings (SSSR count). The van der Waals surface area contributed by atoms with Gasteiger partial charge >= 0.3 is 0 Å². The number of piperidine rings is 1. The molecule has 3 aliphatic heterocycles. The number of rotatable bonds is 4. The zero-order valence-electron chi connectivity index (χ0n) is 16.3. The summed E-state index contributed by atoms with van der Waals surface area (Å²) in [6.07, 6.45) is 0.916. The normalized spacial score (nSPS) is 25.3. The Hall–Kier alpha value is -2.57. The smallest absolute Gasteiger partial charge is 0.232 e. The van der Waals surface area contributed by atoms with Gasteiger partial charge in [-0.1, -0.05) is 30.3 Å². The van der Waals surface area contributed by atoms with Gasteiger partial charge < -0.3 is 24.8 Å². The lowest BCUT2D eigenvalue weighted by atomic mass is 9.80. The molecule has 2 aromatic carbocycles. The Morgan fingerprint density at radius 1 is 1.07 bits per heavy atom. The Morgan fingerprint density at radius 2 is 1.79 bits per heavy atom. The lowest BCUT2D eigenvalue weighted by molar-refractivity contribution is -0.118. The van der Waals surface area contributed by atoms with Gasteiger partial charge in [0.15, 0.2) is 17.6 Å². The fourth-order valence-corrected chi connectivity index (χ4v) is 4.78. The molecule has 1 amide bonds. The van der Waals surface area contributed by atoms with Crippen molar-refractivity contribution >= 4 is 11.6 Å². The van der Waals surface area contributed by atoms with Crippen molar-refractivity contribution in [3.63, 3.8) is 0 Å². The van der Waals surface area contributed by atoms with Crippen LogP contribution in [-0.4, -0.2) is 54.4 Å². The van der Waals surface area contributed by atoms with Crippen LogP contribution < -0.4 is 14.8 Å². The van der Waals surface area contributed by atoms with Crippen LogP contribution in [0.1, 0.15) is 24.3 Å². The number of hydrogen-bond acceptors (Lipinski definition) is 5. The number of anilines is 1. The first-order valence-corrected chi connectivity index (χ1v) is 10.4. The summed E-state index contributed by atoms with van der Waals surface area (Å²) < 4.78 is 11.7. The number of aliphatic hydroxyl groups excluding tert-OH is 1. The third kappa shape index (κ3) is 3.58. The lowest BCUT2D eigenvalue weighted by Crippen LogP contribution is -2.48. The van der Waals surface area contributed by atoms with Gasteiger partial charge in [-0.2, -0.15) is 0 Å². The molecule has 152 valence electrons. The third-order valence-corrected chi connectivity index (χ3v) is 6.34. The predicted molar refractivity (Wildman–Crippen MR) is 109 cm³/mol. The van der Waals surface area contributed by atoms with Gasteiger partial charge in [-0.05, 0) is 55.6 Å². The number of nitrogens with zero attached hydrogens (tertiary/aromatic N) is 1. The Balaban J connectivity index is 1.16. The minimum absolute atomic E-state index is 0.0511. The van der Waals surface area contributed by atoms with E-state index < -0.39 is 6.10 Å². The number of nitrogens with one attached hydrogen (secondary N) is 1. The maximum atomic E-state index is 12.5. The van der Waals surface area contributed by atoms with Gasteiger partial charge in [0.1, 0.15) is 12.7 Å². The van der Waals surface area contributed by atoms with E-state index in [-0.39, 0.29) is 17.9 Å². The molecule has 3 heterocycles. The van der Waals surface area contributed by atoms with Crippen LogP contribution in [0.3, 0.4) is 0 Å². The minimum Gasteiger partial charge on any atom is -0.486 e. The fourth-order valence-electron chi connectivity index (χ4n) is 4.78. The summed E-state index contributed by atoms with van der Waals surface area (Å²) in [7, 11) is 0. The molecule has 3 aliphatic rings. The summed E-state index contributed by atoms with van der Waals surface area (Å²) in [5.41, 5.74) is 2.08. The van der Waals surface area contributed by atoms with Crippen molar-refractivity contribution in [1.29, 1.82) is 0 Å². The summed E-state index contributed by atoms with van der Waals surface area (Å²) in [6.45, 7) is 2.65. The highest BCUT2D eigenvalue weighted by Crippen LogP contribution is 2.41. The Labute approximate surface area is 170 Å². The van der Waals surface area contributed by atoms with Crippen molar-refractivity contribution in [2.45, 2.75) is 31.0 Å². The van der Waals surface area contributed by atoms with Crippen LogP contribution >= 0.6 is 0 Å². The van der Waals surface area contributed by atoms with Crippen LogP contribution in [0.2, 0.25) is 0 Å². The van der Waals surface area contributed by atoms with Crippen LogP contribution in [0.5, 0.6) is 11.5 Å². The van der Waals surface area contributed by atoms with Gasteiger partial charge in [-0.25, -0.2) is 0 Å². The van der Waals surface area contributed by atoms with Gasteiger partial charge in [0.2, 0.25) is 5.91 Å². The number of para-hydroxylation sites is 3. The first kappa shape index (κ1) is 18.5. The number of aliphatic hydroxyl groups is 1. The Kier molecular flexibility index (Phi) is 4.89. The monoisotopic (exact) mass is 394 g/mol. The van der Waals surface area contributed by atoms with Crippen molar-refractivity contribution in [3.05, 3.63) is 54.1 Å². The third-order valence-electron chi connectivity index (χ3n) is 6.34. The number of ether oxygens (including phenoxy) is 2. The minimum atomic E-state index is -0.615. The number of likely N-dealkylation sites (tertiary alicyclic amines) is 1. The molecule has 0 bridgehead atoms. The Bertz CT molecular complexity index is 894. The summed E-state index contributed by atoms with van der Waals surface area (Å²) in [5.74, 6) is 1.83. The molecule has 3 unspecified atom stereocenters.